The normalized spacial score (nSPS) is 13.5. The van der Waals surface area contributed by atoms with Gasteiger partial charge in [0, 0.05) is 6.42 Å². The molecule has 2 atom stereocenters. The van der Waals surface area contributed by atoms with Gasteiger partial charge in [0.1, 0.15) is 5.75 Å². The minimum atomic E-state index is -0.244. The molecule has 0 saturated carbocycles. The first-order valence-electron chi connectivity index (χ1n) is 8.65. The number of benzene rings is 2. The quantitative estimate of drug-likeness (QED) is 0.563. The van der Waals surface area contributed by atoms with E-state index in [0.717, 1.165) is 25.0 Å². The molecule has 124 valence electrons. The zero-order valence-electron chi connectivity index (χ0n) is 14.5. The molecule has 2 nitrogen and oxygen atoms in total. The summed E-state index contributed by atoms with van der Waals surface area (Å²) in [5, 5.41) is 0. The van der Waals surface area contributed by atoms with Crippen LogP contribution in [0, 0.1) is 0 Å². The average Bonchev–Trinajstić information content (AvgIpc) is 2.60. The lowest BCUT2D eigenvalue weighted by molar-refractivity contribution is -0.0787. The fourth-order valence-electron chi connectivity index (χ4n) is 2.45. The summed E-state index contributed by atoms with van der Waals surface area (Å²) >= 11 is 0. The van der Waals surface area contributed by atoms with E-state index in [-0.39, 0.29) is 6.29 Å². The van der Waals surface area contributed by atoms with Gasteiger partial charge in [-0.25, -0.2) is 0 Å². The van der Waals surface area contributed by atoms with E-state index in [1.165, 1.54) is 11.1 Å². The number of hydrogen-bond donors (Lipinski definition) is 0. The smallest absolute Gasteiger partial charge is 0.203 e. The predicted octanol–water partition coefficient (Wildman–Crippen LogP) is 5.57. The van der Waals surface area contributed by atoms with E-state index >= 15 is 0 Å². The molecule has 1 unspecified atom stereocenters. The third-order valence-electron chi connectivity index (χ3n) is 4.08. The molecule has 0 aliphatic rings. The number of rotatable bonds is 9. The Morgan fingerprint density at radius 2 is 1.61 bits per heavy atom. The maximum atomic E-state index is 6.07. The lowest BCUT2D eigenvalue weighted by atomic mass is 9.99. The minimum Gasteiger partial charge on any atom is -0.465 e. The number of ether oxygens (including phenoxy) is 2. The fourth-order valence-corrected chi connectivity index (χ4v) is 2.45. The Bertz CT molecular complexity index is 548. The van der Waals surface area contributed by atoms with E-state index in [1.807, 2.05) is 18.2 Å². The molecule has 0 N–H and O–H groups in total. The summed E-state index contributed by atoms with van der Waals surface area (Å²) in [7, 11) is 0. The van der Waals surface area contributed by atoms with Gasteiger partial charge < -0.3 is 9.47 Å². The minimum absolute atomic E-state index is 0.244. The van der Waals surface area contributed by atoms with Crippen LogP contribution in [-0.4, -0.2) is 12.9 Å². The van der Waals surface area contributed by atoms with E-state index in [0.29, 0.717) is 12.5 Å². The van der Waals surface area contributed by atoms with Crippen LogP contribution in [0.25, 0.3) is 0 Å². The highest BCUT2D eigenvalue weighted by molar-refractivity contribution is 5.29. The van der Waals surface area contributed by atoms with Crippen LogP contribution in [0.2, 0.25) is 0 Å². The molecule has 0 aromatic heterocycles. The van der Waals surface area contributed by atoms with Crippen molar-refractivity contribution in [2.45, 2.75) is 52.2 Å². The van der Waals surface area contributed by atoms with Crippen LogP contribution in [0.5, 0.6) is 5.75 Å². The van der Waals surface area contributed by atoms with Gasteiger partial charge in [-0.2, -0.15) is 0 Å². The fraction of sp³-hybridized carbons (Fsp3) is 0.429. The van der Waals surface area contributed by atoms with Crippen molar-refractivity contribution in [3.8, 4) is 5.75 Å². The maximum Gasteiger partial charge on any atom is 0.203 e. The monoisotopic (exact) mass is 312 g/mol. The Morgan fingerprint density at radius 3 is 2.22 bits per heavy atom. The molecule has 2 rings (SSSR count). The zero-order chi connectivity index (χ0) is 16.5. The molecule has 0 amide bonds. The van der Waals surface area contributed by atoms with Crippen molar-refractivity contribution in [2.24, 2.45) is 0 Å². The zero-order valence-corrected chi connectivity index (χ0v) is 14.5. The Balaban J connectivity index is 2.01. The van der Waals surface area contributed by atoms with Crippen LogP contribution in [0.3, 0.4) is 0 Å². The van der Waals surface area contributed by atoms with Crippen molar-refractivity contribution in [2.75, 3.05) is 6.61 Å². The molecule has 0 radical (unpaired) electrons. The second-order valence-corrected chi connectivity index (χ2v) is 5.99. The standard InChI is InChI=1S/C21H28O2/c1-4-15-22-21(16-18-9-7-6-8-10-18)23-20-13-11-19(12-14-20)17(3)5-2/h6-14,17,21H,4-5,15-16H2,1-3H3/t17-,21?/m0/s1. The average molecular weight is 312 g/mol. The Kier molecular flexibility index (Phi) is 7.15. The van der Waals surface area contributed by atoms with E-state index in [1.54, 1.807) is 0 Å². The van der Waals surface area contributed by atoms with Crippen LogP contribution in [0.1, 0.15) is 50.7 Å². The summed E-state index contributed by atoms with van der Waals surface area (Å²) in [5.41, 5.74) is 2.58. The maximum absolute atomic E-state index is 6.07. The van der Waals surface area contributed by atoms with Gasteiger partial charge in [-0.15, -0.1) is 0 Å². The molecule has 0 saturated heterocycles. The van der Waals surface area contributed by atoms with Gasteiger partial charge >= 0.3 is 0 Å². The van der Waals surface area contributed by atoms with E-state index in [4.69, 9.17) is 9.47 Å². The predicted molar refractivity (Wildman–Crippen MR) is 96.0 cm³/mol. The van der Waals surface area contributed by atoms with E-state index in [2.05, 4.69) is 57.2 Å². The van der Waals surface area contributed by atoms with Crippen LogP contribution in [-0.2, 0) is 11.2 Å². The summed E-state index contributed by atoms with van der Waals surface area (Å²) in [6.45, 7) is 7.28. The topological polar surface area (TPSA) is 18.5 Å². The largest absolute Gasteiger partial charge is 0.465 e. The second kappa shape index (κ2) is 9.36. The first kappa shape index (κ1) is 17.6. The molecule has 0 fully saturated rings. The molecule has 2 heteroatoms. The molecule has 0 bridgehead atoms. The summed E-state index contributed by atoms with van der Waals surface area (Å²) in [6, 6.07) is 18.8. The first-order valence-corrected chi connectivity index (χ1v) is 8.65. The third kappa shape index (κ3) is 5.72. The van der Waals surface area contributed by atoms with Gasteiger partial charge in [-0.05, 0) is 42.0 Å². The molecule has 0 aliphatic carbocycles. The van der Waals surface area contributed by atoms with Gasteiger partial charge in [-0.3, -0.25) is 0 Å². The third-order valence-corrected chi connectivity index (χ3v) is 4.08. The SMILES string of the molecule is CCCOC(Cc1ccccc1)Oc1ccc([C@@H](C)CC)cc1. The highest BCUT2D eigenvalue weighted by Gasteiger charge is 2.12. The van der Waals surface area contributed by atoms with E-state index < -0.39 is 0 Å². The van der Waals surface area contributed by atoms with Crippen LogP contribution >= 0.6 is 0 Å². The van der Waals surface area contributed by atoms with Gasteiger partial charge in [-0.1, -0.05) is 63.2 Å². The second-order valence-electron chi connectivity index (χ2n) is 5.99. The van der Waals surface area contributed by atoms with Crippen LogP contribution in [0.15, 0.2) is 54.6 Å². The molecular weight excluding hydrogens is 284 g/mol. The summed E-state index contributed by atoms with van der Waals surface area (Å²) in [5.74, 6) is 1.45. The molecule has 0 heterocycles. The summed E-state index contributed by atoms with van der Waals surface area (Å²) in [4.78, 5) is 0. The summed E-state index contributed by atoms with van der Waals surface area (Å²) < 4.78 is 11.9. The Labute approximate surface area is 140 Å². The van der Waals surface area contributed by atoms with Crippen molar-refractivity contribution in [1.82, 2.24) is 0 Å². The highest BCUT2D eigenvalue weighted by atomic mass is 16.7. The molecular formula is C21H28O2. The summed E-state index contributed by atoms with van der Waals surface area (Å²) in [6.07, 6.45) is 2.65. The van der Waals surface area contributed by atoms with Crippen molar-refractivity contribution in [1.29, 1.82) is 0 Å². The van der Waals surface area contributed by atoms with Crippen molar-refractivity contribution in [3.63, 3.8) is 0 Å². The highest BCUT2D eigenvalue weighted by Crippen LogP contribution is 2.22. The van der Waals surface area contributed by atoms with Crippen LogP contribution in [0.4, 0.5) is 0 Å². The van der Waals surface area contributed by atoms with Gasteiger partial charge in [0.2, 0.25) is 6.29 Å². The molecule has 2 aromatic carbocycles. The Hall–Kier alpha value is -1.80. The number of hydrogen-bond acceptors (Lipinski definition) is 2. The lowest BCUT2D eigenvalue weighted by Crippen LogP contribution is -2.24. The molecule has 0 spiro atoms. The molecule has 2 aromatic rings. The molecule has 23 heavy (non-hydrogen) atoms. The van der Waals surface area contributed by atoms with Gasteiger partial charge in [0.05, 0.1) is 6.61 Å². The lowest BCUT2D eigenvalue weighted by Gasteiger charge is -2.20. The van der Waals surface area contributed by atoms with Crippen molar-refractivity contribution < 1.29 is 9.47 Å². The van der Waals surface area contributed by atoms with Crippen molar-refractivity contribution >= 4 is 0 Å². The van der Waals surface area contributed by atoms with Gasteiger partial charge in [0.15, 0.2) is 0 Å². The van der Waals surface area contributed by atoms with Crippen molar-refractivity contribution in [3.05, 3.63) is 65.7 Å². The van der Waals surface area contributed by atoms with E-state index in [9.17, 15) is 0 Å². The van der Waals surface area contributed by atoms with Gasteiger partial charge in [0.25, 0.3) is 0 Å². The Morgan fingerprint density at radius 1 is 0.913 bits per heavy atom. The molecule has 0 aliphatic heterocycles. The van der Waals surface area contributed by atoms with Crippen LogP contribution < -0.4 is 4.74 Å². The first-order chi connectivity index (χ1) is 11.2.